The summed E-state index contributed by atoms with van der Waals surface area (Å²) >= 11 is 11.9. The fraction of sp³-hybridized carbons (Fsp3) is 0.352. The molecule has 0 atom stereocenters. The lowest BCUT2D eigenvalue weighted by Gasteiger charge is -2.23. The highest BCUT2D eigenvalue weighted by Crippen LogP contribution is 2.25. The van der Waals surface area contributed by atoms with Gasteiger partial charge in [-0.2, -0.15) is 0 Å². The first-order valence-electron chi connectivity index (χ1n) is 43.1. The highest BCUT2D eigenvalue weighted by Gasteiger charge is 2.27. The molecule has 1 aromatic carbocycles. The number of alkyl halides is 2. The lowest BCUT2D eigenvalue weighted by Crippen LogP contribution is -2.29. The molecular weight excluding hydrogens is 1800 g/mol. The van der Waals surface area contributed by atoms with Gasteiger partial charge in [0, 0.05) is 228 Å². The number of carbonyl (C=O) groups excluding carboxylic acids is 15. The zero-order valence-electron chi connectivity index (χ0n) is 77.0. The molecule has 48 heteroatoms. The molecule has 46 nitrogen and oxygen atoms in total. The number of nitrogens with one attached hydrogen (secondary N) is 15. The first kappa shape index (κ1) is 101. The molecule has 11 aromatic rings. The van der Waals surface area contributed by atoms with Crippen molar-refractivity contribution in [1.82, 2.24) is 97.1 Å². The fourth-order valence-electron chi connectivity index (χ4n) is 14.4. The molecule has 0 unspecified atom stereocenters. The van der Waals surface area contributed by atoms with E-state index >= 15 is 0 Å². The molecule has 0 saturated heterocycles. The van der Waals surface area contributed by atoms with Crippen molar-refractivity contribution in [3.05, 3.63) is 186 Å². The molecule has 0 aliphatic heterocycles. The van der Waals surface area contributed by atoms with Gasteiger partial charge in [0.05, 0.1) is 34.1 Å². The number of nitrogens with zero attached hydrogens (tertiary/aromatic N) is 16. The van der Waals surface area contributed by atoms with Crippen LogP contribution in [0.3, 0.4) is 0 Å². The third kappa shape index (κ3) is 27.6. The minimum absolute atomic E-state index is 0.0368. The molecule has 0 saturated carbocycles. The molecule has 0 radical (unpaired) electrons. The van der Waals surface area contributed by atoms with Crippen LogP contribution in [0, 0.1) is 0 Å². The van der Waals surface area contributed by atoms with Crippen LogP contribution in [0.2, 0.25) is 0 Å². The zero-order chi connectivity index (χ0) is 98.3. The Bertz CT molecular complexity index is 6300. The van der Waals surface area contributed by atoms with E-state index in [1.807, 2.05) is 43.3 Å². The molecular formula is C88H109Cl2N31O15. The predicted octanol–water partition coefficient (Wildman–Crippen LogP) is 5.26. The molecule has 0 bridgehead atoms. The number of anilines is 11. The van der Waals surface area contributed by atoms with Gasteiger partial charge >= 0.3 is 0 Å². The second-order valence-corrected chi connectivity index (χ2v) is 33.0. The van der Waals surface area contributed by atoms with Crippen molar-refractivity contribution in [2.24, 2.45) is 70.5 Å². The van der Waals surface area contributed by atoms with Gasteiger partial charge in [-0.05, 0) is 100 Å². The van der Waals surface area contributed by atoms with Crippen LogP contribution in [0.25, 0.3) is 0 Å². The maximum absolute atomic E-state index is 13.6. The molecule has 136 heavy (non-hydrogen) atoms. The first-order valence-corrected chi connectivity index (χ1v) is 44.1. The normalized spacial score (nSPS) is 11.1. The van der Waals surface area contributed by atoms with Crippen molar-refractivity contribution in [2.75, 3.05) is 136 Å². The molecule has 11 rings (SSSR count). The Labute approximate surface area is 790 Å². The van der Waals surface area contributed by atoms with E-state index in [2.05, 4.69) is 105 Å². The van der Waals surface area contributed by atoms with E-state index in [4.69, 9.17) is 23.2 Å². The Kier molecular flexibility index (Phi) is 34.4. The number of amides is 15. The van der Waals surface area contributed by atoms with Gasteiger partial charge in [0.25, 0.3) is 59.1 Å². The molecule has 0 fully saturated rings. The van der Waals surface area contributed by atoms with Crippen molar-refractivity contribution >= 4 is 175 Å². The molecule has 0 aliphatic rings. The Hall–Kier alpha value is -15.9. The number of aromatic nitrogens is 14. The molecule has 720 valence electrons. The van der Waals surface area contributed by atoms with E-state index in [9.17, 15) is 71.9 Å². The molecule has 10 aromatic heterocycles. The second kappa shape index (κ2) is 46.5. The van der Waals surface area contributed by atoms with E-state index in [1.54, 1.807) is 86.5 Å². The molecule has 15 amide bonds. The Balaban J connectivity index is 0.538. The molecule has 10 heterocycles. The van der Waals surface area contributed by atoms with Gasteiger partial charge in [0.1, 0.15) is 34.2 Å². The molecule has 0 spiro atoms. The van der Waals surface area contributed by atoms with Crippen LogP contribution < -0.4 is 84.7 Å². The quantitative estimate of drug-likeness (QED) is 0.0171. The number of halogens is 2. The number of benzene rings is 1. The number of rotatable bonds is 46. The van der Waals surface area contributed by atoms with Crippen LogP contribution >= 0.6 is 23.2 Å². The van der Waals surface area contributed by atoms with E-state index in [1.165, 1.54) is 128 Å². The number of aryl methyl sites for hydroxylation is 11. The third-order valence-corrected chi connectivity index (χ3v) is 21.5. The average molecular weight is 1910 g/mol. The summed E-state index contributed by atoms with van der Waals surface area (Å²) < 4.78 is 14.6. The number of hydrogen-bond donors (Lipinski definition) is 15. The SMILES string of the molecule is CN(C)CCCNC(=O)c1cc(NC(=O)c2cc(NC(=O)c3nc(NC(=O)CCNC(=O)c4cc(NC(=O)c5nc(NC(=O)CCCNC(=O)c6cc(NC(=O)c7nc(NC(=O)CCNC(=O)c8cc(NC(=O)c9cc(NC(=O)c%10nc(NC(=O)CCNC(=O)CCCc%11ccc(N(CCCl)CCCl)cc%11)cn%10C)cn9C)cn8C)cn7C)cn6C)cn5C)cn4C)cn3C)cn2C)cn1C. The summed E-state index contributed by atoms with van der Waals surface area (Å²) in [4.78, 5) is 219. The number of imidazole rings is 4. The van der Waals surface area contributed by atoms with Crippen LogP contribution in [-0.2, 0) is 101 Å². The second-order valence-electron chi connectivity index (χ2n) is 32.3. The minimum atomic E-state index is -0.673. The van der Waals surface area contributed by atoms with E-state index < -0.39 is 76.8 Å². The van der Waals surface area contributed by atoms with E-state index in [0.717, 1.165) is 24.2 Å². The van der Waals surface area contributed by atoms with Crippen molar-refractivity contribution in [3.63, 3.8) is 0 Å². The van der Waals surface area contributed by atoms with Crippen molar-refractivity contribution in [2.45, 2.75) is 57.8 Å². The summed E-state index contributed by atoms with van der Waals surface area (Å²) in [5, 5.41) is 40.6. The van der Waals surface area contributed by atoms with Gasteiger partial charge in [0.2, 0.25) is 52.8 Å². The zero-order valence-corrected chi connectivity index (χ0v) is 78.5. The molecule has 0 aliphatic carbocycles. The van der Waals surface area contributed by atoms with Gasteiger partial charge < -0.3 is 135 Å². The lowest BCUT2D eigenvalue weighted by atomic mass is 10.1. The maximum Gasteiger partial charge on any atom is 0.291 e. The van der Waals surface area contributed by atoms with Gasteiger partial charge in [-0.25, -0.2) is 19.9 Å². The topological polar surface area (TPSA) is 544 Å². The summed E-state index contributed by atoms with van der Waals surface area (Å²) in [6, 6.07) is 16.9. The third-order valence-electron chi connectivity index (χ3n) is 21.1. The summed E-state index contributed by atoms with van der Waals surface area (Å²) in [5.74, 6) is -6.78. The predicted molar refractivity (Wildman–Crippen MR) is 509 cm³/mol. The van der Waals surface area contributed by atoms with Crippen LogP contribution in [-0.4, -0.2) is 237 Å². The fourth-order valence-corrected chi connectivity index (χ4v) is 14.8. The first-order chi connectivity index (χ1) is 64.8. The van der Waals surface area contributed by atoms with E-state index in [-0.39, 0.29) is 180 Å². The summed E-state index contributed by atoms with van der Waals surface area (Å²) in [7, 11) is 19.8. The minimum Gasteiger partial charge on any atom is -0.369 e. The lowest BCUT2D eigenvalue weighted by molar-refractivity contribution is -0.121. The Morgan fingerprint density at radius 2 is 0.544 bits per heavy atom. The highest BCUT2D eigenvalue weighted by molar-refractivity contribution is 6.19. The van der Waals surface area contributed by atoms with Gasteiger partial charge in [-0.1, -0.05) is 12.1 Å². The smallest absolute Gasteiger partial charge is 0.291 e. The van der Waals surface area contributed by atoms with Crippen LogP contribution in [0.1, 0.15) is 162 Å². The van der Waals surface area contributed by atoms with E-state index in [0.29, 0.717) is 55.6 Å². The summed E-state index contributed by atoms with van der Waals surface area (Å²) in [6.45, 7) is 2.62. The van der Waals surface area contributed by atoms with Gasteiger partial charge in [-0.3, -0.25) is 71.9 Å². The number of hydrogen-bond acceptors (Lipinski definition) is 21. The average Bonchev–Trinajstić information content (AvgIpc) is 1.65. The highest BCUT2D eigenvalue weighted by atomic mass is 35.5. The van der Waals surface area contributed by atoms with Crippen molar-refractivity contribution < 1.29 is 71.9 Å². The van der Waals surface area contributed by atoms with Gasteiger partial charge in [0.15, 0.2) is 23.3 Å². The van der Waals surface area contributed by atoms with Crippen LogP contribution in [0.5, 0.6) is 0 Å². The number of carbonyl (C=O) groups is 15. The monoisotopic (exact) mass is 1910 g/mol. The van der Waals surface area contributed by atoms with Gasteiger partial charge in [-0.15, -0.1) is 23.2 Å². The molecule has 15 N–H and O–H groups in total. The van der Waals surface area contributed by atoms with Crippen molar-refractivity contribution in [3.8, 4) is 0 Å². The Morgan fingerprint density at radius 3 is 0.846 bits per heavy atom. The summed E-state index contributed by atoms with van der Waals surface area (Å²) in [5.41, 5.74) is 4.96. The Morgan fingerprint density at radius 1 is 0.279 bits per heavy atom. The largest absolute Gasteiger partial charge is 0.369 e. The standard InChI is InChI=1S/C88H109Cl2N31O15/c1-110(2)33-15-29-93-80(128)60-36-53(42-111(60)3)96-83(131)64-40-57(46-115(64)7)101-88(136)78-109-69(51-120(78)12)105-74(126)25-32-95-82(130)63-39-56(45-114(63)6)99-85(133)75-106-66(48-117(75)9)102-71(123)18-14-28-92-79(127)61-38-55(44-113(61)5)98-86(134)76-108-68(50-119(76)11)104-73(125)24-31-94-81(129)62-37-54(43-112(62)4)97-84(132)65-41-58(47-116(65)8)100-87(135)77-107-67(49-118(77)10)103-72(124)23-30-91-70(122)17-13-16-52-19-21-59(22-20-52)121(34-26-89)35-27-90/h19-22,36-51H,13-18,23-35H2,1-12H3,(H,91,122)(H,92,127)(H,93,128)(H,94,129)(H,95,130)(H,96,131)(H,97,132)(H,98,134)(H,99,133)(H,100,135)(H,101,136)(H,102,123)(H,103,124)(H,104,125)(H,105,126). The van der Waals surface area contributed by atoms with Crippen molar-refractivity contribution in [1.29, 1.82) is 0 Å². The van der Waals surface area contributed by atoms with Crippen LogP contribution in [0.15, 0.2) is 123 Å². The van der Waals surface area contributed by atoms with Crippen LogP contribution in [0.4, 0.5) is 63.1 Å². The summed E-state index contributed by atoms with van der Waals surface area (Å²) in [6.07, 6.45) is 17.0. The maximum atomic E-state index is 13.6.